The van der Waals surface area contributed by atoms with Crippen LogP contribution in [0.3, 0.4) is 0 Å². The molecule has 0 spiro atoms. The van der Waals surface area contributed by atoms with Crippen LogP contribution >= 0.6 is 11.8 Å². The van der Waals surface area contributed by atoms with E-state index in [9.17, 15) is 4.79 Å². The molecule has 0 radical (unpaired) electrons. The molecule has 1 amide bonds. The number of aromatic nitrogens is 3. The van der Waals surface area contributed by atoms with Crippen LogP contribution in [0.1, 0.15) is 11.3 Å². The number of benzene rings is 1. The molecular weight excluding hydrogens is 322 g/mol. The van der Waals surface area contributed by atoms with E-state index >= 15 is 0 Å². The maximum atomic E-state index is 12.0. The average molecular weight is 341 g/mol. The van der Waals surface area contributed by atoms with E-state index in [4.69, 9.17) is 5.73 Å². The first-order valence-electron chi connectivity index (χ1n) is 7.67. The van der Waals surface area contributed by atoms with E-state index in [0.717, 1.165) is 17.6 Å². The first-order valence-corrected chi connectivity index (χ1v) is 8.66. The summed E-state index contributed by atoms with van der Waals surface area (Å²) in [4.78, 5) is 23.5. The van der Waals surface area contributed by atoms with Gasteiger partial charge >= 0.3 is 0 Å². The van der Waals surface area contributed by atoms with Crippen molar-refractivity contribution in [1.82, 2.24) is 20.3 Å². The maximum Gasteiger partial charge on any atom is 0.230 e. The van der Waals surface area contributed by atoms with Crippen molar-refractivity contribution in [1.29, 1.82) is 0 Å². The number of aromatic amines is 1. The predicted octanol–water partition coefficient (Wildman–Crippen LogP) is 2.30. The quantitative estimate of drug-likeness (QED) is 0.472. The van der Waals surface area contributed by atoms with Gasteiger partial charge in [-0.25, -0.2) is 9.97 Å². The molecule has 0 aliphatic heterocycles. The van der Waals surface area contributed by atoms with E-state index in [-0.39, 0.29) is 11.7 Å². The summed E-state index contributed by atoms with van der Waals surface area (Å²) in [5, 5.41) is 4.65. The van der Waals surface area contributed by atoms with Crippen molar-refractivity contribution >= 4 is 34.4 Å². The summed E-state index contributed by atoms with van der Waals surface area (Å²) in [7, 11) is 0. The van der Waals surface area contributed by atoms with Crippen LogP contribution in [0.2, 0.25) is 0 Å². The van der Waals surface area contributed by atoms with Crippen LogP contribution in [0.4, 0.5) is 5.82 Å². The molecule has 0 aliphatic carbocycles. The standard InChI is InChI=1S/C17H19N5OS/c1-11-8-15(18)22-17(21-11)24-10-16(23)19-7-6-12-9-20-14-5-3-2-4-13(12)14/h2-5,8-9,20H,6-7,10H2,1H3,(H,19,23)(H2,18,21,22). The lowest BCUT2D eigenvalue weighted by Gasteiger charge is -2.05. The topological polar surface area (TPSA) is 96.7 Å². The summed E-state index contributed by atoms with van der Waals surface area (Å²) in [6, 6.07) is 9.84. The Balaban J connectivity index is 1.47. The van der Waals surface area contributed by atoms with Crippen molar-refractivity contribution in [2.45, 2.75) is 18.5 Å². The smallest absolute Gasteiger partial charge is 0.230 e. The highest BCUT2D eigenvalue weighted by Gasteiger charge is 2.07. The predicted molar refractivity (Wildman–Crippen MR) is 96.9 cm³/mol. The number of hydrogen-bond acceptors (Lipinski definition) is 5. The van der Waals surface area contributed by atoms with E-state index in [2.05, 4.69) is 26.3 Å². The largest absolute Gasteiger partial charge is 0.384 e. The number of thioether (sulfide) groups is 1. The Morgan fingerprint density at radius 3 is 3.00 bits per heavy atom. The Kier molecular flexibility index (Phi) is 5.00. The van der Waals surface area contributed by atoms with E-state index in [1.165, 1.54) is 22.7 Å². The van der Waals surface area contributed by atoms with Crippen LogP contribution in [0.15, 0.2) is 41.7 Å². The van der Waals surface area contributed by atoms with Gasteiger partial charge in [0.15, 0.2) is 5.16 Å². The number of fused-ring (bicyclic) bond motifs is 1. The van der Waals surface area contributed by atoms with Crippen molar-refractivity contribution in [3.63, 3.8) is 0 Å². The van der Waals surface area contributed by atoms with Crippen LogP contribution in [0.25, 0.3) is 10.9 Å². The average Bonchev–Trinajstić information content (AvgIpc) is 2.96. The Labute approximate surface area is 144 Å². The number of nitrogen functional groups attached to an aromatic ring is 1. The van der Waals surface area contributed by atoms with Crippen LogP contribution in [0, 0.1) is 6.92 Å². The number of nitrogens with zero attached hydrogens (tertiary/aromatic N) is 2. The number of H-pyrrole nitrogens is 1. The number of amides is 1. The van der Waals surface area contributed by atoms with Crippen molar-refractivity contribution in [2.24, 2.45) is 0 Å². The molecule has 0 atom stereocenters. The molecule has 2 aromatic heterocycles. The van der Waals surface area contributed by atoms with Crippen LogP contribution in [0.5, 0.6) is 0 Å². The third kappa shape index (κ3) is 4.05. The van der Waals surface area contributed by atoms with Crippen molar-refractivity contribution in [3.05, 3.63) is 47.8 Å². The first kappa shape index (κ1) is 16.3. The van der Waals surface area contributed by atoms with Crippen LogP contribution < -0.4 is 11.1 Å². The summed E-state index contributed by atoms with van der Waals surface area (Å²) >= 11 is 1.29. The molecule has 2 heterocycles. The highest BCUT2D eigenvalue weighted by atomic mass is 32.2. The normalized spacial score (nSPS) is 10.9. The summed E-state index contributed by atoms with van der Waals surface area (Å²) in [6.45, 7) is 2.45. The van der Waals surface area contributed by atoms with Crippen LogP contribution in [-0.2, 0) is 11.2 Å². The molecule has 7 heteroatoms. The molecule has 3 rings (SSSR count). The molecule has 3 aromatic rings. The zero-order chi connectivity index (χ0) is 16.9. The molecule has 6 nitrogen and oxygen atoms in total. The van der Waals surface area contributed by atoms with Crippen molar-refractivity contribution in [2.75, 3.05) is 18.0 Å². The fourth-order valence-electron chi connectivity index (χ4n) is 2.49. The molecule has 0 saturated carbocycles. The lowest BCUT2D eigenvalue weighted by Crippen LogP contribution is -2.27. The zero-order valence-electron chi connectivity index (χ0n) is 13.4. The highest BCUT2D eigenvalue weighted by Crippen LogP contribution is 2.18. The number of hydrogen-bond donors (Lipinski definition) is 3. The van der Waals surface area contributed by atoms with Gasteiger partial charge in [-0.05, 0) is 25.0 Å². The summed E-state index contributed by atoms with van der Waals surface area (Å²) in [5.74, 6) is 0.657. The minimum Gasteiger partial charge on any atom is -0.384 e. The summed E-state index contributed by atoms with van der Waals surface area (Å²) in [5.41, 5.74) is 8.79. The van der Waals surface area contributed by atoms with E-state index < -0.39 is 0 Å². The van der Waals surface area contributed by atoms with E-state index in [0.29, 0.717) is 17.5 Å². The fraction of sp³-hybridized carbons (Fsp3) is 0.235. The Hall–Kier alpha value is -2.54. The van der Waals surface area contributed by atoms with Gasteiger partial charge in [-0.15, -0.1) is 0 Å². The van der Waals surface area contributed by atoms with Gasteiger partial charge in [-0.1, -0.05) is 30.0 Å². The van der Waals surface area contributed by atoms with Gasteiger partial charge in [0, 0.05) is 35.4 Å². The van der Waals surface area contributed by atoms with Crippen LogP contribution in [-0.4, -0.2) is 33.2 Å². The van der Waals surface area contributed by atoms with Gasteiger partial charge in [0.25, 0.3) is 0 Å². The molecule has 0 aliphatic rings. The fourth-order valence-corrected chi connectivity index (χ4v) is 3.23. The lowest BCUT2D eigenvalue weighted by molar-refractivity contribution is -0.118. The van der Waals surface area contributed by atoms with E-state index in [1.807, 2.05) is 31.3 Å². The molecule has 0 bridgehead atoms. The van der Waals surface area contributed by atoms with Crippen molar-refractivity contribution in [3.8, 4) is 0 Å². The molecular formula is C17H19N5OS. The minimum atomic E-state index is -0.0384. The monoisotopic (exact) mass is 341 g/mol. The number of rotatable bonds is 6. The number of nitrogens with two attached hydrogens (primary N) is 1. The third-order valence-corrected chi connectivity index (χ3v) is 4.42. The van der Waals surface area contributed by atoms with Gasteiger partial charge in [-0.3, -0.25) is 4.79 Å². The first-order chi connectivity index (χ1) is 11.6. The second-order valence-electron chi connectivity index (χ2n) is 5.46. The lowest BCUT2D eigenvalue weighted by atomic mass is 10.1. The second kappa shape index (κ2) is 7.35. The number of carbonyl (C=O) groups is 1. The SMILES string of the molecule is Cc1cc(N)nc(SCC(=O)NCCc2c[nH]c3ccccc23)n1. The second-order valence-corrected chi connectivity index (χ2v) is 6.41. The van der Waals surface area contributed by atoms with Gasteiger partial charge in [0.1, 0.15) is 5.82 Å². The summed E-state index contributed by atoms with van der Waals surface area (Å²) < 4.78 is 0. The van der Waals surface area contributed by atoms with E-state index in [1.54, 1.807) is 6.07 Å². The molecule has 0 unspecified atom stereocenters. The Bertz CT molecular complexity index is 841. The van der Waals surface area contributed by atoms with Crippen molar-refractivity contribution < 1.29 is 4.79 Å². The molecule has 0 saturated heterocycles. The third-order valence-electron chi connectivity index (χ3n) is 3.58. The number of carbonyl (C=O) groups excluding carboxylic acids is 1. The maximum absolute atomic E-state index is 12.0. The molecule has 0 fully saturated rings. The molecule has 124 valence electrons. The Morgan fingerprint density at radius 2 is 2.17 bits per heavy atom. The van der Waals surface area contributed by atoms with Gasteiger partial charge in [0.05, 0.1) is 5.75 Å². The summed E-state index contributed by atoms with van der Waals surface area (Å²) in [6.07, 6.45) is 2.78. The molecule has 4 N–H and O–H groups in total. The number of nitrogens with one attached hydrogen (secondary N) is 2. The molecule has 24 heavy (non-hydrogen) atoms. The number of aryl methyl sites for hydroxylation is 1. The molecule has 1 aromatic carbocycles. The Morgan fingerprint density at radius 1 is 1.33 bits per heavy atom. The van der Waals surface area contributed by atoms with Gasteiger partial charge in [-0.2, -0.15) is 0 Å². The highest BCUT2D eigenvalue weighted by molar-refractivity contribution is 7.99. The number of anilines is 1. The number of para-hydroxylation sites is 1. The minimum absolute atomic E-state index is 0.0384. The zero-order valence-corrected chi connectivity index (χ0v) is 14.2. The van der Waals surface area contributed by atoms with Gasteiger partial charge < -0.3 is 16.0 Å². The van der Waals surface area contributed by atoms with Gasteiger partial charge in [0.2, 0.25) is 5.91 Å².